The highest BCUT2D eigenvalue weighted by Crippen LogP contribution is 2.25. The average Bonchev–Trinajstić information content (AvgIpc) is 2.45. The Balaban J connectivity index is 2.37. The van der Waals surface area contributed by atoms with Crippen LogP contribution in [-0.4, -0.2) is 65.2 Å². The normalized spacial score (nSPS) is 22.0. The average molecular weight is 313 g/mol. The number of nitrogens with zero attached hydrogens (tertiary/aromatic N) is 2. The molecule has 0 aromatic carbocycles. The van der Waals surface area contributed by atoms with E-state index in [-0.39, 0.29) is 24.7 Å². The monoisotopic (exact) mass is 313 g/mol. The molecule has 1 aliphatic rings. The number of nitrogens with one attached hydrogen (secondary N) is 1. The Labute approximate surface area is 133 Å². The van der Waals surface area contributed by atoms with E-state index in [0.29, 0.717) is 12.5 Å². The van der Waals surface area contributed by atoms with E-state index in [4.69, 9.17) is 5.11 Å². The molecule has 1 fully saturated rings. The number of urea groups is 1. The zero-order valence-corrected chi connectivity index (χ0v) is 14.3. The molecular formula is C16H31N3O3. The van der Waals surface area contributed by atoms with Gasteiger partial charge in [0.2, 0.25) is 0 Å². The van der Waals surface area contributed by atoms with Crippen LogP contribution in [0.15, 0.2) is 0 Å². The number of carbonyl (C=O) groups excluding carboxylic acids is 1. The number of aliphatic carboxylic acids is 1. The molecule has 1 unspecified atom stereocenters. The summed E-state index contributed by atoms with van der Waals surface area (Å²) in [7, 11) is 0. The number of hydrogen-bond donors (Lipinski definition) is 2. The summed E-state index contributed by atoms with van der Waals surface area (Å²) in [6.07, 6.45) is 2.75. The van der Waals surface area contributed by atoms with Crippen LogP contribution in [0.1, 0.15) is 47.0 Å². The van der Waals surface area contributed by atoms with Gasteiger partial charge in [0.25, 0.3) is 0 Å². The number of rotatable bonds is 9. The van der Waals surface area contributed by atoms with Gasteiger partial charge < -0.3 is 15.3 Å². The fraction of sp³-hybridized carbons (Fsp3) is 0.875. The summed E-state index contributed by atoms with van der Waals surface area (Å²) in [5.41, 5.74) is 0. The van der Waals surface area contributed by atoms with Crippen LogP contribution in [0, 0.1) is 5.92 Å². The molecule has 22 heavy (non-hydrogen) atoms. The van der Waals surface area contributed by atoms with Crippen molar-refractivity contribution in [3.8, 4) is 0 Å². The van der Waals surface area contributed by atoms with Crippen LogP contribution in [-0.2, 0) is 4.79 Å². The van der Waals surface area contributed by atoms with Crippen molar-refractivity contribution < 1.29 is 14.7 Å². The standard InChI is InChI=1S/C16H31N3O3/c1-5-12(4)10-19(7-3)16(22)17-13-8-14(9-13)18(6-2)11-15(20)21/h12-14H,5-11H2,1-4H3,(H,17,22)(H,20,21). The molecule has 0 radical (unpaired) electrons. The van der Waals surface area contributed by atoms with E-state index in [0.717, 1.165) is 32.4 Å². The Bertz CT molecular complexity index is 370. The number of likely N-dealkylation sites (N-methyl/N-ethyl adjacent to an activating group) is 1. The van der Waals surface area contributed by atoms with E-state index >= 15 is 0 Å². The zero-order chi connectivity index (χ0) is 16.7. The van der Waals surface area contributed by atoms with Gasteiger partial charge in [0.15, 0.2) is 0 Å². The Kier molecular flexibility index (Phi) is 7.65. The lowest BCUT2D eigenvalue weighted by Crippen LogP contribution is -2.57. The fourth-order valence-corrected chi connectivity index (χ4v) is 2.80. The molecule has 2 N–H and O–H groups in total. The highest BCUT2D eigenvalue weighted by Gasteiger charge is 2.35. The highest BCUT2D eigenvalue weighted by molar-refractivity contribution is 5.74. The van der Waals surface area contributed by atoms with Gasteiger partial charge in [0, 0.05) is 25.2 Å². The first kappa shape index (κ1) is 18.7. The third kappa shape index (κ3) is 5.48. The Hall–Kier alpha value is -1.30. The van der Waals surface area contributed by atoms with Crippen molar-refractivity contribution in [1.82, 2.24) is 15.1 Å². The molecule has 0 spiro atoms. The molecular weight excluding hydrogens is 282 g/mol. The maximum atomic E-state index is 12.3. The minimum absolute atomic E-state index is 0.00698. The topological polar surface area (TPSA) is 72.9 Å². The molecule has 128 valence electrons. The van der Waals surface area contributed by atoms with Crippen LogP contribution in [0.25, 0.3) is 0 Å². The van der Waals surface area contributed by atoms with E-state index in [2.05, 4.69) is 19.2 Å². The molecule has 1 aliphatic carbocycles. The Morgan fingerprint density at radius 2 is 1.86 bits per heavy atom. The third-order valence-corrected chi connectivity index (χ3v) is 4.60. The van der Waals surface area contributed by atoms with Crippen molar-refractivity contribution >= 4 is 12.0 Å². The van der Waals surface area contributed by atoms with Crippen LogP contribution in [0.2, 0.25) is 0 Å². The van der Waals surface area contributed by atoms with Gasteiger partial charge in [0.1, 0.15) is 0 Å². The quantitative estimate of drug-likeness (QED) is 0.683. The van der Waals surface area contributed by atoms with Gasteiger partial charge >= 0.3 is 12.0 Å². The minimum atomic E-state index is -0.792. The van der Waals surface area contributed by atoms with E-state index < -0.39 is 5.97 Å². The third-order valence-electron chi connectivity index (χ3n) is 4.60. The van der Waals surface area contributed by atoms with Crippen molar-refractivity contribution in [3.05, 3.63) is 0 Å². The fourth-order valence-electron chi connectivity index (χ4n) is 2.80. The Morgan fingerprint density at radius 3 is 2.32 bits per heavy atom. The number of carboxylic acids is 1. The lowest BCUT2D eigenvalue weighted by atomic mass is 9.85. The van der Waals surface area contributed by atoms with Gasteiger partial charge in [-0.2, -0.15) is 0 Å². The summed E-state index contributed by atoms with van der Waals surface area (Å²) in [6.45, 7) is 10.6. The molecule has 1 atom stereocenters. The van der Waals surface area contributed by atoms with Gasteiger partial charge in [-0.3, -0.25) is 9.69 Å². The molecule has 1 saturated carbocycles. The van der Waals surface area contributed by atoms with Crippen LogP contribution in [0.5, 0.6) is 0 Å². The molecule has 1 rings (SSSR count). The molecule has 0 aromatic rings. The second-order valence-electron chi connectivity index (χ2n) is 6.28. The first-order valence-electron chi connectivity index (χ1n) is 8.42. The number of hydrogen-bond acceptors (Lipinski definition) is 3. The molecule has 2 amide bonds. The number of carboxylic acid groups (broad SMARTS) is 1. The molecule has 0 aliphatic heterocycles. The molecule has 6 heteroatoms. The SMILES string of the molecule is CCC(C)CN(CC)C(=O)NC1CC(N(CC)CC(=O)O)C1. The summed E-state index contributed by atoms with van der Waals surface area (Å²) < 4.78 is 0. The summed E-state index contributed by atoms with van der Waals surface area (Å²) in [5.74, 6) is -0.286. The van der Waals surface area contributed by atoms with Gasteiger partial charge in [0.05, 0.1) is 6.54 Å². The van der Waals surface area contributed by atoms with E-state index in [9.17, 15) is 9.59 Å². The van der Waals surface area contributed by atoms with E-state index in [1.807, 2.05) is 23.6 Å². The summed E-state index contributed by atoms with van der Waals surface area (Å²) in [6, 6.07) is 0.454. The first-order chi connectivity index (χ1) is 10.4. The maximum absolute atomic E-state index is 12.3. The smallest absolute Gasteiger partial charge is 0.317 e. The second-order valence-corrected chi connectivity index (χ2v) is 6.28. The minimum Gasteiger partial charge on any atom is -0.480 e. The van der Waals surface area contributed by atoms with Crippen LogP contribution in [0.4, 0.5) is 4.79 Å². The van der Waals surface area contributed by atoms with Crippen molar-refractivity contribution in [1.29, 1.82) is 0 Å². The second kappa shape index (κ2) is 8.98. The van der Waals surface area contributed by atoms with Crippen molar-refractivity contribution in [2.75, 3.05) is 26.2 Å². The van der Waals surface area contributed by atoms with Crippen LogP contribution >= 0.6 is 0 Å². The first-order valence-corrected chi connectivity index (χ1v) is 8.42. The van der Waals surface area contributed by atoms with Gasteiger partial charge in [-0.25, -0.2) is 4.79 Å². The van der Waals surface area contributed by atoms with Crippen molar-refractivity contribution in [2.45, 2.75) is 59.0 Å². The largest absolute Gasteiger partial charge is 0.480 e. The summed E-state index contributed by atoms with van der Waals surface area (Å²) >= 11 is 0. The number of carbonyl (C=O) groups is 2. The van der Waals surface area contributed by atoms with Gasteiger partial charge in [-0.15, -0.1) is 0 Å². The van der Waals surface area contributed by atoms with Crippen LogP contribution < -0.4 is 5.32 Å². The Morgan fingerprint density at radius 1 is 1.23 bits per heavy atom. The van der Waals surface area contributed by atoms with Gasteiger partial charge in [-0.05, 0) is 32.2 Å². The van der Waals surface area contributed by atoms with E-state index in [1.165, 1.54) is 0 Å². The van der Waals surface area contributed by atoms with E-state index in [1.54, 1.807) is 0 Å². The van der Waals surface area contributed by atoms with Crippen LogP contribution in [0.3, 0.4) is 0 Å². The van der Waals surface area contributed by atoms with Crippen molar-refractivity contribution in [3.63, 3.8) is 0 Å². The predicted molar refractivity (Wildman–Crippen MR) is 86.9 cm³/mol. The lowest BCUT2D eigenvalue weighted by Gasteiger charge is -2.42. The predicted octanol–water partition coefficient (Wildman–Crippen LogP) is 2.00. The molecule has 0 saturated heterocycles. The molecule has 0 aromatic heterocycles. The zero-order valence-electron chi connectivity index (χ0n) is 14.3. The molecule has 0 heterocycles. The lowest BCUT2D eigenvalue weighted by molar-refractivity contribution is -0.139. The molecule has 6 nitrogen and oxygen atoms in total. The molecule has 0 bridgehead atoms. The highest BCUT2D eigenvalue weighted by atomic mass is 16.4. The van der Waals surface area contributed by atoms with Gasteiger partial charge in [-0.1, -0.05) is 27.2 Å². The summed E-state index contributed by atoms with van der Waals surface area (Å²) in [5, 5.41) is 12.0. The summed E-state index contributed by atoms with van der Waals surface area (Å²) in [4.78, 5) is 26.9. The number of amides is 2. The maximum Gasteiger partial charge on any atom is 0.317 e. The van der Waals surface area contributed by atoms with Crippen molar-refractivity contribution in [2.24, 2.45) is 5.92 Å².